The van der Waals surface area contributed by atoms with Crippen LogP contribution in [0.25, 0.3) is 10.2 Å². The van der Waals surface area contributed by atoms with Crippen molar-refractivity contribution >= 4 is 33.1 Å². The Bertz CT molecular complexity index is 649. The Hall–Kier alpha value is -1.66. The molecule has 1 aromatic carbocycles. The smallest absolute Gasteiger partial charge is 0.244 e. The number of ether oxygens (including phenoxy) is 1. The number of aromatic nitrogens is 1. The standard InChI is InChI=1S/C15H19N3O2S/c1-10(15(19)18-5-7-20-8-6-18)16-12-3-4-13-14(9-12)21-11(2)17-13/h3-4,9-10,16H,5-8H2,1-2H3/t10-/m1/s1. The maximum Gasteiger partial charge on any atom is 0.244 e. The van der Waals surface area contributed by atoms with Crippen molar-refractivity contribution in [1.82, 2.24) is 9.88 Å². The highest BCUT2D eigenvalue weighted by Gasteiger charge is 2.22. The molecule has 0 unspecified atom stereocenters. The number of carbonyl (C=O) groups excluding carboxylic acids is 1. The third kappa shape index (κ3) is 3.16. The zero-order valence-electron chi connectivity index (χ0n) is 12.3. The van der Waals surface area contributed by atoms with Crippen molar-refractivity contribution < 1.29 is 9.53 Å². The summed E-state index contributed by atoms with van der Waals surface area (Å²) in [5.41, 5.74) is 1.97. The number of morpholine rings is 1. The zero-order chi connectivity index (χ0) is 14.8. The molecule has 1 fully saturated rings. The minimum Gasteiger partial charge on any atom is -0.378 e. The summed E-state index contributed by atoms with van der Waals surface area (Å²) in [6, 6.07) is 5.79. The third-order valence-electron chi connectivity index (χ3n) is 3.57. The number of aryl methyl sites for hydroxylation is 1. The third-order valence-corrected chi connectivity index (χ3v) is 4.51. The van der Waals surface area contributed by atoms with Crippen molar-refractivity contribution in [2.75, 3.05) is 31.6 Å². The molecule has 0 aliphatic carbocycles. The minimum atomic E-state index is -0.241. The van der Waals surface area contributed by atoms with Crippen LogP contribution in [0.5, 0.6) is 0 Å². The van der Waals surface area contributed by atoms with Gasteiger partial charge in [-0.05, 0) is 32.0 Å². The summed E-state index contributed by atoms with van der Waals surface area (Å²) < 4.78 is 6.42. The molecule has 0 spiro atoms. The fourth-order valence-electron chi connectivity index (χ4n) is 2.50. The number of rotatable bonds is 3. The topological polar surface area (TPSA) is 54.5 Å². The second-order valence-electron chi connectivity index (χ2n) is 5.22. The Morgan fingerprint density at radius 2 is 2.19 bits per heavy atom. The quantitative estimate of drug-likeness (QED) is 0.945. The van der Waals surface area contributed by atoms with E-state index in [4.69, 9.17) is 4.74 Å². The summed E-state index contributed by atoms with van der Waals surface area (Å²) in [6.45, 7) is 6.52. The average Bonchev–Trinajstić information content (AvgIpc) is 2.86. The minimum absolute atomic E-state index is 0.124. The number of nitrogens with one attached hydrogen (secondary N) is 1. The number of hydrogen-bond acceptors (Lipinski definition) is 5. The van der Waals surface area contributed by atoms with E-state index in [0.717, 1.165) is 20.9 Å². The van der Waals surface area contributed by atoms with Gasteiger partial charge in [-0.1, -0.05) is 0 Å². The number of anilines is 1. The molecule has 1 aliphatic rings. The van der Waals surface area contributed by atoms with Crippen LogP contribution in [0.1, 0.15) is 11.9 Å². The molecular weight excluding hydrogens is 286 g/mol. The van der Waals surface area contributed by atoms with Crippen LogP contribution < -0.4 is 5.32 Å². The van der Waals surface area contributed by atoms with Gasteiger partial charge >= 0.3 is 0 Å². The van der Waals surface area contributed by atoms with E-state index in [0.29, 0.717) is 26.3 Å². The van der Waals surface area contributed by atoms with Gasteiger partial charge in [-0.3, -0.25) is 4.79 Å². The number of carbonyl (C=O) groups is 1. The van der Waals surface area contributed by atoms with Gasteiger partial charge in [-0.2, -0.15) is 0 Å². The van der Waals surface area contributed by atoms with E-state index >= 15 is 0 Å². The van der Waals surface area contributed by atoms with E-state index in [-0.39, 0.29) is 11.9 Å². The summed E-state index contributed by atoms with van der Waals surface area (Å²) >= 11 is 1.67. The Labute approximate surface area is 127 Å². The monoisotopic (exact) mass is 305 g/mol. The SMILES string of the molecule is Cc1nc2ccc(N[C@H](C)C(=O)N3CCOCC3)cc2s1. The molecule has 0 bridgehead atoms. The number of amides is 1. The number of thiazole rings is 1. The summed E-state index contributed by atoms with van der Waals surface area (Å²) in [5, 5.41) is 4.34. The summed E-state index contributed by atoms with van der Waals surface area (Å²) in [4.78, 5) is 18.7. The normalized spacial score (nSPS) is 17.0. The first-order valence-corrected chi connectivity index (χ1v) is 7.95. The van der Waals surface area contributed by atoms with Gasteiger partial charge in [0.2, 0.25) is 5.91 Å². The van der Waals surface area contributed by atoms with Gasteiger partial charge < -0.3 is 15.0 Å². The summed E-state index contributed by atoms with van der Waals surface area (Å²) in [7, 11) is 0. The Morgan fingerprint density at radius 1 is 1.43 bits per heavy atom. The van der Waals surface area contributed by atoms with E-state index < -0.39 is 0 Å². The predicted octanol–water partition coefficient (Wildman–Crippen LogP) is 2.26. The molecule has 1 N–H and O–H groups in total. The fourth-order valence-corrected chi connectivity index (χ4v) is 3.37. The second-order valence-corrected chi connectivity index (χ2v) is 6.45. The van der Waals surface area contributed by atoms with Crippen LogP contribution in [0.4, 0.5) is 5.69 Å². The van der Waals surface area contributed by atoms with Crippen LogP contribution >= 0.6 is 11.3 Å². The summed E-state index contributed by atoms with van der Waals surface area (Å²) in [6.07, 6.45) is 0. The molecule has 21 heavy (non-hydrogen) atoms. The van der Waals surface area contributed by atoms with E-state index in [1.165, 1.54) is 0 Å². The van der Waals surface area contributed by atoms with E-state index in [9.17, 15) is 4.79 Å². The molecular formula is C15H19N3O2S. The first kappa shape index (κ1) is 14.3. The van der Waals surface area contributed by atoms with Crippen molar-refractivity contribution in [1.29, 1.82) is 0 Å². The van der Waals surface area contributed by atoms with Crippen LogP contribution in [0.3, 0.4) is 0 Å². The number of benzene rings is 1. The molecule has 1 aliphatic heterocycles. The molecule has 112 valence electrons. The van der Waals surface area contributed by atoms with Crippen molar-refractivity contribution in [3.8, 4) is 0 Å². The van der Waals surface area contributed by atoms with Gasteiger partial charge in [0.15, 0.2) is 0 Å². The van der Waals surface area contributed by atoms with Gasteiger partial charge in [0.25, 0.3) is 0 Å². The molecule has 1 atom stereocenters. The van der Waals surface area contributed by atoms with Gasteiger partial charge in [-0.15, -0.1) is 11.3 Å². The Kier molecular flexibility index (Phi) is 4.07. The zero-order valence-corrected chi connectivity index (χ0v) is 13.1. The molecule has 5 nitrogen and oxygen atoms in total. The average molecular weight is 305 g/mol. The van der Waals surface area contributed by atoms with Crippen LogP contribution in [-0.2, 0) is 9.53 Å². The fraction of sp³-hybridized carbons (Fsp3) is 0.467. The highest BCUT2D eigenvalue weighted by atomic mass is 32.1. The highest BCUT2D eigenvalue weighted by Crippen LogP contribution is 2.25. The second kappa shape index (κ2) is 5.99. The van der Waals surface area contributed by atoms with Gasteiger partial charge in [0.1, 0.15) is 6.04 Å². The first-order valence-electron chi connectivity index (χ1n) is 7.14. The van der Waals surface area contributed by atoms with Crippen LogP contribution in [0.2, 0.25) is 0 Å². The van der Waals surface area contributed by atoms with Gasteiger partial charge in [0.05, 0.1) is 28.4 Å². The van der Waals surface area contributed by atoms with Crippen molar-refractivity contribution in [3.63, 3.8) is 0 Å². The van der Waals surface area contributed by atoms with Crippen LogP contribution in [-0.4, -0.2) is 48.1 Å². The number of hydrogen-bond donors (Lipinski definition) is 1. The number of nitrogens with zero attached hydrogens (tertiary/aromatic N) is 2. The van der Waals surface area contributed by atoms with Gasteiger partial charge in [-0.25, -0.2) is 4.98 Å². The molecule has 3 rings (SSSR count). The molecule has 0 saturated carbocycles. The van der Waals surface area contributed by atoms with Crippen LogP contribution in [0, 0.1) is 6.92 Å². The van der Waals surface area contributed by atoms with E-state index in [1.807, 2.05) is 30.9 Å². The highest BCUT2D eigenvalue weighted by molar-refractivity contribution is 7.18. The maximum absolute atomic E-state index is 12.4. The molecule has 2 heterocycles. The van der Waals surface area contributed by atoms with Crippen molar-refractivity contribution in [2.24, 2.45) is 0 Å². The Balaban J connectivity index is 1.69. The Morgan fingerprint density at radius 3 is 2.95 bits per heavy atom. The number of fused-ring (bicyclic) bond motifs is 1. The lowest BCUT2D eigenvalue weighted by molar-refractivity contribution is -0.135. The lowest BCUT2D eigenvalue weighted by Crippen LogP contribution is -2.46. The maximum atomic E-state index is 12.4. The summed E-state index contributed by atoms with van der Waals surface area (Å²) in [5.74, 6) is 0.124. The van der Waals surface area contributed by atoms with Crippen molar-refractivity contribution in [2.45, 2.75) is 19.9 Å². The predicted molar refractivity (Wildman–Crippen MR) is 84.8 cm³/mol. The molecule has 2 aromatic rings. The largest absolute Gasteiger partial charge is 0.378 e. The molecule has 1 amide bonds. The van der Waals surface area contributed by atoms with E-state index in [1.54, 1.807) is 11.3 Å². The molecule has 0 radical (unpaired) electrons. The van der Waals surface area contributed by atoms with Crippen LogP contribution in [0.15, 0.2) is 18.2 Å². The first-order chi connectivity index (χ1) is 10.1. The van der Waals surface area contributed by atoms with Crippen molar-refractivity contribution in [3.05, 3.63) is 23.2 Å². The molecule has 1 saturated heterocycles. The van der Waals surface area contributed by atoms with E-state index in [2.05, 4.69) is 16.4 Å². The van der Waals surface area contributed by atoms with Gasteiger partial charge in [0, 0.05) is 18.8 Å². The molecule has 1 aromatic heterocycles. The lowest BCUT2D eigenvalue weighted by Gasteiger charge is -2.29. The lowest BCUT2D eigenvalue weighted by atomic mass is 10.2. The molecule has 6 heteroatoms.